The van der Waals surface area contributed by atoms with Crippen LogP contribution in [0.15, 0.2) is 12.4 Å². The summed E-state index contributed by atoms with van der Waals surface area (Å²) in [5.74, 6) is -0.0687. The summed E-state index contributed by atoms with van der Waals surface area (Å²) in [5, 5.41) is 0. The van der Waals surface area contributed by atoms with E-state index in [9.17, 15) is 13.0 Å². The molecule has 0 aliphatic carbocycles. The van der Waals surface area contributed by atoms with E-state index in [0.29, 0.717) is 5.82 Å². The van der Waals surface area contributed by atoms with Gasteiger partial charge in [-0.25, -0.2) is 18.4 Å². The molecule has 0 radical (unpaired) electrons. The van der Waals surface area contributed by atoms with E-state index in [1.165, 1.54) is 0 Å². The molecule has 0 N–H and O–H groups in total. The molecule has 1 aromatic rings. The normalized spacial score (nSPS) is 10.7. The topological polar surface area (TPSA) is 83.0 Å². The second-order valence-electron chi connectivity index (χ2n) is 2.69. The van der Waals surface area contributed by atoms with Crippen LogP contribution in [0.5, 0.6) is 0 Å². The van der Waals surface area contributed by atoms with E-state index >= 15 is 0 Å². The van der Waals surface area contributed by atoms with Crippen molar-refractivity contribution in [3.63, 3.8) is 0 Å². The summed E-state index contributed by atoms with van der Waals surface area (Å²) in [4.78, 5) is 7.73. The van der Waals surface area contributed by atoms with Gasteiger partial charge in [0.1, 0.15) is 5.82 Å². The van der Waals surface area contributed by atoms with Crippen molar-refractivity contribution in [2.24, 2.45) is 0 Å². The van der Waals surface area contributed by atoms with Gasteiger partial charge in [-0.05, 0) is 12.5 Å². The van der Waals surface area contributed by atoms with Gasteiger partial charge in [0.2, 0.25) is 0 Å². The van der Waals surface area contributed by atoms with Gasteiger partial charge in [0, 0.05) is 24.6 Å². The summed E-state index contributed by atoms with van der Waals surface area (Å²) in [6, 6.07) is 0. The molecule has 0 fully saturated rings. The van der Waals surface area contributed by atoms with Crippen molar-refractivity contribution < 1.29 is 42.5 Å². The van der Waals surface area contributed by atoms with Gasteiger partial charge in [-0.1, -0.05) is 0 Å². The van der Waals surface area contributed by atoms with Crippen LogP contribution in [0.3, 0.4) is 0 Å². The Morgan fingerprint density at radius 1 is 1.36 bits per heavy atom. The van der Waals surface area contributed by atoms with Crippen LogP contribution >= 0.6 is 0 Å². The Hall–Kier alpha value is -0.0100. The van der Waals surface area contributed by atoms with Crippen LogP contribution in [-0.2, 0) is 16.5 Å². The third kappa shape index (κ3) is 5.66. The third-order valence-electron chi connectivity index (χ3n) is 1.41. The van der Waals surface area contributed by atoms with Crippen LogP contribution in [0, 0.1) is 6.92 Å². The monoisotopic (exact) mass is 224 g/mol. The summed E-state index contributed by atoms with van der Waals surface area (Å²) in [5.41, 5.74) is 0.897. The molecule has 1 aromatic heterocycles. The van der Waals surface area contributed by atoms with Gasteiger partial charge in [0.25, 0.3) is 0 Å². The first-order chi connectivity index (χ1) is 5.97. The quantitative estimate of drug-likeness (QED) is 0.400. The van der Waals surface area contributed by atoms with E-state index in [4.69, 9.17) is 0 Å². The molecule has 0 bridgehead atoms. The molecule has 0 saturated carbocycles. The minimum atomic E-state index is -4.16. The number of hydrogen-bond acceptors (Lipinski definition) is 5. The fraction of sp³-hybridized carbons (Fsp3) is 0.429. The van der Waals surface area contributed by atoms with E-state index in [-0.39, 0.29) is 36.0 Å². The van der Waals surface area contributed by atoms with Gasteiger partial charge >= 0.3 is 29.6 Å². The summed E-state index contributed by atoms with van der Waals surface area (Å²) >= 11 is 0. The number of aryl methyl sites for hydroxylation is 2. The van der Waals surface area contributed by atoms with Crippen molar-refractivity contribution in [2.45, 2.75) is 13.3 Å². The average molecular weight is 224 g/mol. The summed E-state index contributed by atoms with van der Waals surface area (Å²) in [6.45, 7) is 1.83. The molecule has 0 aromatic carbocycles. The number of rotatable bonds is 3. The fourth-order valence-corrected chi connectivity index (χ4v) is 1.20. The Morgan fingerprint density at radius 2 is 1.86 bits per heavy atom. The standard InChI is InChI=1S/C7H10N2O3S.Na/c1-6-4-8-7(9-5-6)2-3-13(10,11)12;/h4-5H,2-3H2,1H3,(H,10,11,12);/q;+1/p-1. The van der Waals surface area contributed by atoms with Gasteiger partial charge in [-0.2, -0.15) is 0 Å². The zero-order chi connectivity index (χ0) is 9.90. The molecule has 1 heterocycles. The van der Waals surface area contributed by atoms with Gasteiger partial charge < -0.3 is 4.55 Å². The average Bonchev–Trinajstić information content (AvgIpc) is 2.02. The summed E-state index contributed by atoms with van der Waals surface area (Å²) in [6.07, 6.45) is 3.24. The van der Waals surface area contributed by atoms with E-state index in [1.54, 1.807) is 12.4 Å². The summed E-state index contributed by atoms with van der Waals surface area (Å²) in [7, 11) is -4.16. The molecule has 0 spiro atoms. The number of aromatic nitrogens is 2. The van der Waals surface area contributed by atoms with Crippen LogP contribution in [-0.4, -0.2) is 28.7 Å². The minimum Gasteiger partial charge on any atom is -0.748 e. The van der Waals surface area contributed by atoms with Crippen LogP contribution in [0.1, 0.15) is 11.4 Å². The molecule has 0 aliphatic heterocycles. The van der Waals surface area contributed by atoms with Crippen LogP contribution in [0.25, 0.3) is 0 Å². The molecule has 14 heavy (non-hydrogen) atoms. The minimum absolute atomic E-state index is 0. The maximum atomic E-state index is 10.3. The van der Waals surface area contributed by atoms with Gasteiger partial charge in [0.05, 0.1) is 10.1 Å². The Kier molecular flexibility index (Phi) is 5.77. The summed E-state index contributed by atoms with van der Waals surface area (Å²) < 4.78 is 30.8. The van der Waals surface area contributed by atoms with Crippen molar-refractivity contribution in [3.05, 3.63) is 23.8 Å². The first-order valence-corrected chi connectivity index (χ1v) is 5.26. The smallest absolute Gasteiger partial charge is 0.748 e. The maximum Gasteiger partial charge on any atom is 1.00 e. The van der Waals surface area contributed by atoms with Gasteiger partial charge in [0.15, 0.2) is 0 Å². The van der Waals surface area contributed by atoms with E-state index < -0.39 is 15.9 Å². The van der Waals surface area contributed by atoms with E-state index in [2.05, 4.69) is 9.97 Å². The van der Waals surface area contributed by atoms with Crippen molar-refractivity contribution in [1.29, 1.82) is 0 Å². The SMILES string of the molecule is Cc1cnc(CCS(=O)(=O)[O-])nc1.[Na+]. The molecular weight excluding hydrogens is 215 g/mol. The van der Waals surface area contributed by atoms with Gasteiger partial charge in [-0.3, -0.25) is 0 Å². The number of nitrogens with zero attached hydrogens (tertiary/aromatic N) is 2. The Morgan fingerprint density at radius 3 is 2.29 bits per heavy atom. The van der Waals surface area contributed by atoms with E-state index in [0.717, 1.165) is 5.56 Å². The molecule has 5 nitrogen and oxygen atoms in total. The molecule has 0 atom stereocenters. The zero-order valence-corrected chi connectivity index (χ0v) is 10.9. The first kappa shape index (κ1) is 14.0. The molecule has 0 amide bonds. The fourth-order valence-electron chi connectivity index (χ4n) is 0.765. The van der Waals surface area contributed by atoms with Crippen molar-refractivity contribution >= 4 is 10.1 Å². The van der Waals surface area contributed by atoms with Crippen LogP contribution < -0.4 is 29.6 Å². The Balaban J connectivity index is 0.00000169. The Labute approximate surface area is 105 Å². The molecule has 0 unspecified atom stereocenters. The van der Waals surface area contributed by atoms with Gasteiger partial charge in [-0.15, -0.1) is 0 Å². The van der Waals surface area contributed by atoms with Crippen molar-refractivity contribution in [1.82, 2.24) is 9.97 Å². The van der Waals surface area contributed by atoms with Crippen LogP contribution in [0.2, 0.25) is 0 Å². The first-order valence-electron chi connectivity index (χ1n) is 3.68. The molecule has 72 valence electrons. The molecule has 1 rings (SSSR count). The zero-order valence-electron chi connectivity index (χ0n) is 8.10. The predicted octanol–water partition coefficient (Wildman–Crippen LogP) is -3.12. The largest absolute Gasteiger partial charge is 1.00 e. The molecular formula is C7H9N2NaO3S. The Bertz CT molecular complexity index is 376. The molecule has 7 heteroatoms. The van der Waals surface area contributed by atoms with Crippen molar-refractivity contribution in [3.8, 4) is 0 Å². The number of hydrogen-bond donors (Lipinski definition) is 0. The molecule has 0 aliphatic rings. The third-order valence-corrected chi connectivity index (χ3v) is 2.11. The van der Waals surface area contributed by atoms with E-state index in [1.807, 2.05) is 6.92 Å². The predicted molar refractivity (Wildman–Crippen MR) is 45.0 cm³/mol. The van der Waals surface area contributed by atoms with Crippen molar-refractivity contribution in [2.75, 3.05) is 5.75 Å². The second-order valence-corrected chi connectivity index (χ2v) is 4.21. The maximum absolute atomic E-state index is 10.3. The van der Waals surface area contributed by atoms with Crippen LogP contribution in [0.4, 0.5) is 0 Å². The molecule has 0 saturated heterocycles. The second kappa shape index (κ2) is 5.77.